The van der Waals surface area contributed by atoms with E-state index in [2.05, 4.69) is 9.97 Å². The summed E-state index contributed by atoms with van der Waals surface area (Å²) in [5.41, 5.74) is 15.1. The van der Waals surface area contributed by atoms with Crippen LogP contribution in [0.2, 0.25) is 0 Å². The molecule has 7 nitrogen and oxygen atoms in total. The Labute approximate surface area is 178 Å². The molecule has 1 aromatic heterocycles. The molecule has 3 rings (SSSR count). The van der Waals surface area contributed by atoms with E-state index >= 15 is 0 Å². The predicted octanol–water partition coefficient (Wildman–Crippen LogP) is 3.43. The number of ether oxygens (including phenoxy) is 2. The van der Waals surface area contributed by atoms with E-state index in [9.17, 15) is 4.21 Å². The van der Waals surface area contributed by atoms with Gasteiger partial charge in [0.1, 0.15) is 17.3 Å². The van der Waals surface area contributed by atoms with Crippen molar-refractivity contribution in [3.8, 4) is 22.6 Å². The molecule has 0 amide bonds. The first-order chi connectivity index (χ1) is 14.4. The molecular weight excluding hydrogens is 400 g/mol. The van der Waals surface area contributed by atoms with Crippen LogP contribution in [0.25, 0.3) is 11.1 Å². The number of anilines is 2. The van der Waals surface area contributed by atoms with Crippen LogP contribution in [0.5, 0.6) is 11.5 Å². The van der Waals surface area contributed by atoms with Crippen LogP contribution < -0.4 is 20.9 Å². The number of nitrogens with zero attached hydrogens (tertiary/aromatic N) is 2. The van der Waals surface area contributed by atoms with Gasteiger partial charge in [0, 0.05) is 40.1 Å². The summed E-state index contributed by atoms with van der Waals surface area (Å²) in [6.07, 6.45) is 3.81. The van der Waals surface area contributed by atoms with Crippen molar-refractivity contribution in [1.29, 1.82) is 0 Å². The lowest BCUT2D eigenvalue weighted by molar-refractivity contribution is 0.325. The van der Waals surface area contributed by atoms with E-state index in [-0.39, 0.29) is 5.95 Å². The third kappa shape index (κ3) is 4.88. The van der Waals surface area contributed by atoms with Crippen molar-refractivity contribution in [1.82, 2.24) is 9.97 Å². The summed E-state index contributed by atoms with van der Waals surface area (Å²) < 4.78 is 23.7. The van der Waals surface area contributed by atoms with Gasteiger partial charge in [0.15, 0.2) is 0 Å². The van der Waals surface area contributed by atoms with Crippen molar-refractivity contribution in [2.24, 2.45) is 0 Å². The van der Waals surface area contributed by atoms with E-state index in [1.807, 2.05) is 50.2 Å². The highest BCUT2D eigenvalue weighted by atomic mass is 32.2. The Morgan fingerprint density at radius 3 is 2.10 bits per heavy atom. The highest BCUT2D eigenvalue weighted by molar-refractivity contribution is 7.84. The fourth-order valence-corrected chi connectivity index (χ4v) is 3.69. The largest absolute Gasteiger partial charge is 0.493 e. The number of hydrogen-bond acceptors (Lipinski definition) is 7. The first-order valence-corrected chi connectivity index (χ1v) is 11.2. The summed E-state index contributed by atoms with van der Waals surface area (Å²) >= 11 is 0. The van der Waals surface area contributed by atoms with Crippen LogP contribution >= 0.6 is 0 Å². The Kier molecular flexibility index (Phi) is 6.89. The Bertz CT molecular complexity index is 1030. The summed E-state index contributed by atoms with van der Waals surface area (Å²) in [4.78, 5) is 8.84. The van der Waals surface area contributed by atoms with Crippen LogP contribution in [0.4, 0.5) is 11.8 Å². The van der Waals surface area contributed by atoms with Crippen LogP contribution in [0.1, 0.15) is 25.0 Å². The third-order valence-corrected chi connectivity index (χ3v) is 5.45. The summed E-state index contributed by atoms with van der Waals surface area (Å²) in [7, 11) is -1.04. The number of nitrogen functional groups attached to an aromatic ring is 2. The summed E-state index contributed by atoms with van der Waals surface area (Å²) in [6, 6.07) is 11.5. The summed E-state index contributed by atoms with van der Waals surface area (Å²) in [5.74, 6) is 1.91. The predicted molar refractivity (Wildman–Crippen MR) is 120 cm³/mol. The molecule has 3 aromatic rings. The minimum atomic E-state index is -1.04. The van der Waals surface area contributed by atoms with Crippen molar-refractivity contribution >= 4 is 22.6 Å². The molecule has 1 unspecified atom stereocenters. The maximum atomic E-state index is 11.7. The van der Waals surface area contributed by atoms with Gasteiger partial charge in [0.2, 0.25) is 5.95 Å². The van der Waals surface area contributed by atoms with E-state index in [0.29, 0.717) is 37.0 Å². The Morgan fingerprint density at radius 2 is 1.60 bits per heavy atom. The van der Waals surface area contributed by atoms with E-state index < -0.39 is 10.8 Å². The molecular formula is C22H26N4O3S. The van der Waals surface area contributed by atoms with Gasteiger partial charge in [-0.25, -0.2) is 4.98 Å². The molecule has 158 valence electrons. The van der Waals surface area contributed by atoms with E-state index in [0.717, 1.165) is 27.1 Å². The first kappa shape index (κ1) is 21.6. The molecule has 2 aromatic carbocycles. The number of aromatic nitrogens is 2. The monoisotopic (exact) mass is 426 g/mol. The highest BCUT2D eigenvalue weighted by Gasteiger charge is 2.17. The van der Waals surface area contributed by atoms with Crippen LogP contribution in [0, 0.1) is 0 Å². The zero-order valence-electron chi connectivity index (χ0n) is 17.3. The number of benzene rings is 2. The normalized spacial score (nSPS) is 11.8. The van der Waals surface area contributed by atoms with E-state index in [1.165, 1.54) is 0 Å². The van der Waals surface area contributed by atoms with Crippen molar-refractivity contribution in [2.45, 2.75) is 25.2 Å². The molecule has 0 aliphatic carbocycles. The highest BCUT2D eigenvalue weighted by Crippen LogP contribution is 2.41. The van der Waals surface area contributed by atoms with Crippen molar-refractivity contribution in [3.05, 3.63) is 53.7 Å². The Morgan fingerprint density at radius 1 is 1.00 bits per heavy atom. The maximum Gasteiger partial charge on any atom is 0.221 e. The minimum absolute atomic E-state index is 0.146. The summed E-state index contributed by atoms with van der Waals surface area (Å²) in [5, 5.41) is 0. The smallest absolute Gasteiger partial charge is 0.221 e. The van der Waals surface area contributed by atoms with E-state index in [4.69, 9.17) is 20.9 Å². The van der Waals surface area contributed by atoms with Gasteiger partial charge in [-0.05, 0) is 49.2 Å². The van der Waals surface area contributed by atoms with Gasteiger partial charge in [0.25, 0.3) is 0 Å². The lowest BCUT2D eigenvalue weighted by atomic mass is 9.98. The second-order valence-corrected chi connectivity index (χ2v) is 8.01. The third-order valence-electron chi connectivity index (χ3n) is 4.51. The van der Waals surface area contributed by atoms with Crippen molar-refractivity contribution in [2.75, 3.05) is 30.9 Å². The molecule has 0 bridgehead atoms. The number of hydrogen-bond donors (Lipinski definition) is 2. The van der Waals surface area contributed by atoms with Crippen LogP contribution in [-0.4, -0.2) is 33.6 Å². The fourth-order valence-electron chi connectivity index (χ4n) is 3.17. The number of rotatable bonds is 8. The average Bonchev–Trinajstić information content (AvgIpc) is 2.71. The zero-order chi connectivity index (χ0) is 21.7. The van der Waals surface area contributed by atoms with Gasteiger partial charge in [0.05, 0.1) is 18.8 Å². The molecule has 0 saturated carbocycles. The molecule has 0 saturated heterocycles. The Balaban J connectivity index is 2.08. The first-order valence-electron chi connectivity index (χ1n) is 9.66. The number of nitrogens with two attached hydrogens (primary N) is 2. The van der Waals surface area contributed by atoms with Crippen LogP contribution in [-0.2, 0) is 17.2 Å². The van der Waals surface area contributed by atoms with E-state index in [1.54, 1.807) is 12.5 Å². The van der Waals surface area contributed by atoms with Gasteiger partial charge >= 0.3 is 0 Å². The lowest BCUT2D eigenvalue weighted by Gasteiger charge is -2.18. The second-order valence-electron chi connectivity index (χ2n) is 6.63. The minimum Gasteiger partial charge on any atom is -0.493 e. The van der Waals surface area contributed by atoms with Crippen molar-refractivity contribution in [3.63, 3.8) is 0 Å². The zero-order valence-corrected chi connectivity index (χ0v) is 18.2. The quantitative estimate of drug-likeness (QED) is 0.567. The van der Waals surface area contributed by atoms with Crippen molar-refractivity contribution < 1.29 is 13.7 Å². The average molecular weight is 427 g/mol. The molecule has 8 heteroatoms. The van der Waals surface area contributed by atoms with Crippen LogP contribution in [0.3, 0.4) is 0 Å². The molecule has 1 atom stereocenters. The Hall–Kier alpha value is -3.13. The molecule has 4 N–H and O–H groups in total. The SMILES string of the molecule is CCOc1cc(Cc2cnc(N)nc2N)cc(OCC)c1-c1ccc(S(C)=O)cc1. The fraction of sp³-hybridized carbons (Fsp3) is 0.273. The lowest BCUT2D eigenvalue weighted by Crippen LogP contribution is -2.05. The molecule has 0 fully saturated rings. The van der Waals surface area contributed by atoms with Gasteiger partial charge in [-0.1, -0.05) is 12.1 Å². The molecule has 30 heavy (non-hydrogen) atoms. The molecule has 0 aliphatic rings. The summed E-state index contributed by atoms with van der Waals surface area (Å²) in [6.45, 7) is 4.89. The molecule has 1 heterocycles. The standard InChI is InChI=1S/C22H26N4O3S/c1-4-28-18-11-14(10-16-13-25-22(24)26-21(16)23)12-19(29-5-2)20(18)15-6-8-17(9-7-15)30(3)27/h6-9,11-13H,4-5,10H2,1-3H3,(H4,23,24,25,26). The molecule has 0 radical (unpaired) electrons. The van der Waals surface area contributed by atoms with Gasteiger partial charge in [-0.3, -0.25) is 4.21 Å². The van der Waals surface area contributed by atoms with Gasteiger partial charge in [-0.2, -0.15) is 4.98 Å². The second kappa shape index (κ2) is 9.58. The maximum absolute atomic E-state index is 11.7. The molecule has 0 spiro atoms. The molecule has 0 aliphatic heterocycles. The van der Waals surface area contributed by atoms with Gasteiger partial charge in [-0.15, -0.1) is 0 Å². The topological polar surface area (TPSA) is 113 Å². The van der Waals surface area contributed by atoms with Gasteiger partial charge < -0.3 is 20.9 Å². The van der Waals surface area contributed by atoms with Crippen LogP contribution in [0.15, 0.2) is 47.5 Å².